The molecule has 0 aromatic heterocycles. The molecule has 0 saturated heterocycles. The van der Waals surface area contributed by atoms with Crippen LogP contribution in [0.25, 0.3) is 11.8 Å². The third-order valence-corrected chi connectivity index (χ3v) is 6.45. The maximum atomic E-state index is 5.32. The van der Waals surface area contributed by atoms with Gasteiger partial charge in [0, 0.05) is 16.7 Å². The lowest BCUT2D eigenvalue weighted by atomic mass is 9.86. The van der Waals surface area contributed by atoms with Crippen molar-refractivity contribution < 1.29 is 0 Å². The predicted octanol–water partition coefficient (Wildman–Crippen LogP) is 9.32. The van der Waals surface area contributed by atoms with Crippen LogP contribution in [0.3, 0.4) is 0 Å². The second kappa shape index (κ2) is 10.5. The molecule has 0 radical (unpaired) electrons. The van der Waals surface area contributed by atoms with Gasteiger partial charge in [-0.25, -0.2) is 4.99 Å². The summed E-state index contributed by atoms with van der Waals surface area (Å²) < 4.78 is 0. The zero-order valence-electron chi connectivity index (χ0n) is 22.4. The Balaban J connectivity index is 1.88. The van der Waals surface area contributed by atoms with E-state index in [1.54, 1.807) is 0 Å². The molecule has 4 aromatic carbocycles. The first-order chi connectivity index (χ1) is 17.1. The molecule has 0 unspecified atom stereocenters. The zero-order valence-corrected chi connectivity index (χ0v) is 22.4. The van der Waals surface area contributed by atoms with E-state index < -0.39 is 0 Å². The maximum absolute atomic E-state index is 5.32. The topological polar surface area (TPSA) is 12.4 Å². The molecule has 0 aliphatic rings. The quantitative estimate of drug-likeness (QED) is 0.203. The molecule has 0 aliphatic carbocycles. The van der Waals surface area contributed by atoms with Gasteiger partial charge in [-0.05, 0) is 33.6 Å². The molecule has 0 heterocycles. The Labute approximate surface area is 217 Å². The SMILES string of the molecule is CC(C)(C)c1ccc(/C=C(/N=C(c2ccccc2)c2ccccc2)c2ccc(C(C)(C)C)cc2)cc1. The normalized spacial score (nSPS) is 12.3. The van der Waals surface area contributed by atoms with Crippen molar-refractivity contribution in [1.29, 1.82) is 0 Å². The second-order valence-electron chi connectivity index (χ2n) is 11.4. The van der Waals surface area contributed by atoms with E-state index in [1.165, 1.54) is 11.1 Å². The first-order valence-electron chi connectivity index (χ1n) is 12.7. The van der Waals surface area contributed by atoms with Gasteiger partial charge >= 0.3 is 0 Å². The minimum absolute atomic E-state index is 0.105. The van der Waals surface area contributed by atoms with Gasteiger partial charge in [0.1, 0.15) is 0 Å². The van der Waals surface area contributed by atoms with Gasteiger partial charge in [0.25, 0.3) is 0 Å². The molecule has 4 aromatic rings. The number of benzene rings is 4. The van der Waals surface area contributed by atoms with Crippen LogP contribution < -0.4 is 0 Å². The number of nitrogens with zero attached hydrogens (tertiary/aromatic N) is 1. The monoisotopic (exact) mass is 471 g/mol. The second-order valence-corrected chi connectivity index (χ2v) is 11.4. The lowest BCUT2D eigenvalue weighted by Crippen LogP contribution is -2.10. The van der Waals surface area contributed by atoms with E-state index in [4.69, 9.17) is 4.99 Å². The Bertz CT molecular complexity index is 1290. The third-order valence-electron chi connectivity index (χ3n) is 6.45. The van der Waals surface area contributed by atoms with Crippen molar-refractivity contribution in [3.05, 3.63) is 143 Å². The van der Waals surface area contributed by atoms with E-state index in [2.05, 4.69) is 145 Å². The average molecular weight is 472 g/mol. The fourth-order valence-electron chi connectivity index (χ4n) is 4.17. The Morgan fingerprint density at radius 3 is 1.33 bits per heavy atom. The standard InChI is InChI=1S/C35H37N/c1-34(2,3)30-21-17-26(18-22-30)25-32(27-19-23-31(24-20-27)35(4,5)6)36-33(28-13-9-7-10-14-28)29-15-11-8-12-16-29/h7-25H,1-6H3/b32-25+. The maximum Gasteiger partial charge on any atom is 0.0781 e. The van der Waals surface area contributed by atoms with Crippen LogP contribution in [-0.4, -0.2) is 5.71 Å². The van der Waals surface area contributed by atoms with Crippen molar-refractivity contribution in [2.24, 2.45) is 4.99 Å². The van der Waals surface area contributed by atoms with Gasteiger partial charge in [0.15, 0.2) is 0 Å². The molecule has 0 bridgehead atoms. The van der Waals surface area contributed by atoms with Crippen LogP contribution in [0, 0.1) is 0 Å². The van der Waals surface area contributed by atoms with Crippen molar-refractivity contribution in [1.82, 2.24) is 0 Å². The van der Waals surface area contributed by atoms with Crippen molar-refractivity contribution in [2.45, 2.75) is 52.4 Å². The first kappa shape index (κ1) is 25.4. The molecule has 1 nitrogen and oxygen atoms in total. The molecule has 1 heteroatoms. The van der Waals surface area contributed by atoms with Gasteiger partial charge in [0.05, 0.1) is 11.4 Å². The fraction of sp³-hybridized carbons (Fsp3) is 0.229. The predicted molar refractivity (Wildman–Crippen MR) is 157 cm³/mol. The van der Waals surface area contributed by atoms with Gasteiger partial charge in [-0.15, -0.1) is 0 Å². The van der Waals surface area contributed by atoms with Crippen molar-refractivity contribution in [2.75, 3.05) is 0 Å². The Hall–Kier alpha value is -3.71. The highest BCUT2D eigenvalue weighted by Crippen LogP contribution is 2.28. The van der Waals surface area contributed by atoms with Crippen molar-refractivity contribution >= 4 is 17.5 Å². The molecule has 4 rings (SSSR count). The summed E-state index contributed by atoms with van der Waals surface area (Å²) in [5.41, 5.74) is 9.23. The third kappa shape index (κ3) is 6.29. The number of aliphatic imine (C=N–C) groups is 1. The average Bonchev–Trinajstić information content (AvgIpc) is 2.87. The van der Waals surface area contributed by atoms with E-state index in [0.29, 0.717) is 0 Å². The molecular weight excluding hydrogens is 434 g/mol. The van der Waals surface area contributed by atoms with Gasteiger partial charge in [-0.3, -0.25) is 0 Å². The molecule has 0 N–H and O–H groups in total. The van der Waals surface area contributed by atoms with Crippen LogP contribution in [0.1, 0.15) is 74.9 Å². The van der Waals surface area contributed by atoms with E-state index >= 15 is 0 Å². The Kier molecular flexibility index (Phi) is 7.40. The summed E-state index contributed by atoms with van der Waals surface area (Å²) in [6.45, 7) is 13.5. The lowest BCUT2D eigenvalue weighted by molar-refractivity contribution is 0.590. The summed E-state index contributed by atoms with van der Waals surface area (Å²) in [4.78, 5) is 5.32. The minimum atomic E-state index is 0.105. The van der Waals surface area contributed by atoms with E-state index in [0.717, 1.165) is 33.7 Å². The van der Waals surface area contributed by atoms with Gasteiger partial charge in [-0.1, -0.05) is 151 Å². The van der Waals surface area contributed by atoms with Gasteiger partial charge < -0.3 is 0 Å². The van der Waals surface area contributed by atoms with Gasteiger partial charge in [0.2, 0.25) is 0 Å². The van der Waals surface area contributed by atoms with Crippen molar-refractivity contribution in [3.63, 3.8) is 0 Å². The summed E-state index contributed by atoms with van der Waals surface area (Å²) in [5.74, 6) is 0. The fourth-order valence-corrected chi connectivity index (χ4v) is 4.17. The minimum Gasteiger partial charge on any atom is -0.247 e. The van der Waals surface area contributed by atoms with E-state index in [1.807, 2.05) is 12.1 Å². The highest BCUT2D eigenvalue weighted by atomic mass is 14.8. The van der Waals surface area contributed by atoms with Crippen LogP contribution in [0.5, 0.6) is 0 Å². The summed E-state index contributed by atoms with van der Waals surface area (Å²) in [6, 6.07) is 38.6. The molecule has 0 saturated carbocycles. The van der Waals surface area contributed by atoms with Crippen LogP contribution in [0.15, 0.2) is 114 Å². The molecule has 0 fully saturated rings. The van der Waals surface area contributed by atoms with Crippen molar-refractivity contribution in [3.8, 4) is 0 Å². The number of hydrogen-bond donors (Lipinski definition) is 0. The van der Waals surface area contributed by atoms with E-state index in [9.17, 15) is 0 Å². The lowest BCUT2D eigenvalue weighted by Gasteiger charge is -2.20. The largest absolute Gasteiger partial charge is 0.247 e. The first-order valence-corrected chi connectivity index (χ1v) is 12.7. The van der Waals surface area contributed by atoms with Crippen LogP contribution in [0.4, 0.5) is 0 Å². The molecule has 182 valence electrons. The summed E-state index contributed by atoms with van der Waals surface area (Å²) in [5, 5.41) is 0. The van der Waals surface area contributed by atoms with Gasteiger partial charge in [-0.2, -0.15) is 0 Å². The Morgan fingerprint density at radius 1 is 0.500 bits per heavy atom. The molecule has 0 amide bonds. The molecule has 0 aliphatic heterocycles. The van der Waals surface area contributed by atoms with Crippen LogP contribution in [0.2, 0.25) is 0 Å². The Morgan fingerprint density at radius 2 is 0.917 bits per heavy atom. The highest BCUT2D eigenvalue weighted by Gasteiger charge is 2.15. The zero-order chi connectivity index (χ0) is 25.8. The molecule has 0 spiro atoms. The van der Waals surface area contributed by atoms with Crippen LogP contribution >= 0.6 is 0 Å². The number of hydrogen-bond acceptors (Lipinski definition) is 1. The van der Waals surface area contributed by atoms with E-state index in [-0.39, 0.29) is 10.8 Å². The molecule has 36 heavy (non-hydrogen) atoms. The number of rotatable bonds is 5. The molecular formula is C35H37N. The summed E-state index contributed by atoms with van der Waals surface area (Å²) in [6.07, 6.45) is 2.20. The highest BCUT2D eigenvalue weighted by molar-refractivity contribution is 6.15. The summed E-state index contributed by atoms with van der Waals surface area (Å²) >= 11 is 0. The van der Waals surface area contributed by atoms with Crippen LogP contribution in [-0.2, 0) is 10.8 Å². The smallest absolute Gasteiger partial charge is 0.0781 e. The molecule has 0 atom stereocenters. The summed E-state index contributed by atoms with van der Waals surface area (Å²) in [7, 11) is 0.